The van der Waals surface area contributed by atoms with Crippen LogP contribution in [0.15, 0.2) is 54.6 Å². The number of fused-ring (bicyclic) bond motifs is 1. The minimum Gasteiger partial charge on any atom is -0.489 e. The number of aryl methyl sites for hydroxylation is 1. The minimum atomic E-state index is -1.11. The first-order chi connectivity index (χ1) is 15.1. The third kappa shape index (κ3) is 4.44. The molecule has 6 nitrogen and oxygen atoms in total. The molecule has 2 N–H and O–H groups in total. The van der Waals surface area contributed by atoms with Crippen LogP contribution < -0.4 is 10.5 Å². The fourth-order valence-corrected chi connectivity index (χ4v) is 3.83. The molecule has 0 spiro atoms. The maximum Gasteiger partial charge on any atom is 0.312 e. The predicted octanol–water partition coefficient (Wildman–Crippen LogP) is 4.36. The van der Waals surface area contributed by atoms with Gasteiger partial charge in [-0.05, 0) is 63.9 Å². The number of amides is 1. The second kappa shape index (κ2) is 8.99. The van der Waals surface area contributed by atoms with Crippen molar-refractivity contribution >= 4 is 22.8 Å². The summed E-state index contributed by atoms with van der Waals surface area (Å²) in [7, 11) is 1.32. The summed E-state index contributed by atoms with van der Waals surface area (Å²) < 4.78 is 11.0. The zero-order chi connectivity index (χ0) is 23.5. The summed E-state index contributed by atoms with van der Waals surface area (Å²) in [5.41, 5.74) is 7.24. The first-order valence-electron chi connectivity index (χ1n) is 10.5. The highest BCUT2D eigenvalue weighted by Gasteiger charge is 2.51. The van der Waals surface area contributed by atoms with Crippen LogP contribution in [0.5, 0.6) is 5.75 Å². The maximum atomic E-state index is 12.6. The van der Waals surface area contributed by atoms with E-state index in [1.165, 1.54) is 7.11 Å². The van der Waals surface area contributed by atoms with Crippen molar-refractivity contribution < 1.29 is 19.1 Å². The van der Waals surface area contributed by atoms with Crippen LogP contribution in [0, 0.1) is 17.8 Å². The van der Waals surface area contributed by atoms with E-state index in [0.29, 0.717) is 18.8 Å². The van der Waals surface area contributed by atoms with Gasteiger partial charge in [-0.2, -0.15) is 0 Å². The first-order valence-corrected chi connectivity index (χ1v) is 10.5. The van der Waals surface area contributed by atoms with E-state index < -0.39 is 22.7 Å². The molecule has 2 aromatic carbocycles. The molecule has 0 saturated heterocycles. The molecule has 1 heterocycles. The molecule has 32 heavy (non-hydrogen) atoms. The van der Waals surface area contributed by atoms with Gasteiger partial charge in [0.1, 0.15) is 12.4 Å². The normalized spacial score (nSPS) is 13.4. The van der Waals surface area contributed by atoms with Gasteiger partial charge in [0.15, 0.2) is 0 Å². The van der Waals surface area contributed by atoms with Crippen molar-refractivity contribution in [3.63, 3.8) is 0 Å². The molecule has 6 heteroatoms. The van der Waals surface area contributed by atoms with Gasteiger partial charge in [-0.15, -0.1) is 0 Å². The molecule has 0 aliphatic rings. The largest absolute Gasteiger partial charge is 0.489 e. The lowest BCUT2D eigenvalue weighted by Crippen LogP contribution is -2.51. The van der Waals surface area contributed by atoms with Crippen molar-refractivity contribution in [1.29, 1.82) is 0 Å². The summed E-state index contributed by atoms with van der Waals surface area (Å²) in [5, 5.41) is 1.07. The molecule has 3 rings (SSSR count). The van der Waals surface area contributed by atoms with E-state index in [-0.39, 0.29) is 0 Å². The fourth-order valence-electron chi connectivity index (χ4n) is 3.83. The van der Waals surface area contributed by atoms with Crippen LogP contribution in [0.25, 0.3) is 10.9 Å². The highest BCUT2D eigenvalue weighted by Crippen LogP contribution is 2.42. The molecule has 1 amide bonds. The number of aromatic nitrogens is 1. The Kier molecular flexibility index (Phi) is 6.53. The van der Waals surface area contributed by atoms with Crippen LogP contribution in [-0.2, 0) is 27.4 Å². The van der Waals surface area contributed by atoms with Gasteiger partial charge in [-0.3, -0.25) is 14.6 Å². The molecule has 1 atom stereocenters. The van der Waals surface area contributed by atoms with Crippen LogP contribution in [-0.4, -0.2) is 24.0 Å². The molecule has 0 fully saturated rings. The second-order valence-electron chi connectivity index (χ2n) is 8.86. The zero-order valence-corrected chi connectivity index (χ0v) is 19.3. The van der Waals surface area contributed by atoms with Gasteiger partial charge in [0.25, 0.3) is 0 Å². The van der Waals surface area contributed by atoms with Crippen molar-refractivity contribution in [3.05, 3.63) is 71.4 Å². The highest BCUT2D eigenvalue weighted by atomic mass is 16.5. The quantitative estimate of drug-likeness (QED) is 0.532. The molecular formula is C26H30N2O4. The molecule has 168 valence electrons. The number of carbonyl (C=O) groups excluding carboxylic acids is 2. The van der Waals surface area contributed by atoms with Crippen LogP contribution >= 0.6 is 0 Å². The Bertz CT molecular complexity index is 1140. The number of benzene rings is 2. The van der Waals surface area contributed by atoms with E-state index in [4.69, 9.17) is 15.2 Å². The lowest BCUT2D eigenvalue weighted by Gasteiger charge is -2.39. The van der Waals surface area contributed by atoms with Gasteiger partial charge in [-0.1, -0.05) is 30.3 Å². The van der Waals surface area contributed by atoms with E-state index in [9.17, 15) is 9.59 Å². The Balaban J connectivity index is 1.78. The summed E-state index contributed by atoms with van der Waals surface area (Å²) >= 11 is 0. The number of primary amides is 1. The van der Waals surface area contributed by atoms with Gasteiger partial charge in [0.05, 0.1) is 23.5 Å². The number of ether oxygens (including phenoxy) is 2. The van der Waals surface area contributed by atoms with Gasteiger partial charge < -0.3 is 15.2 Å². The first kappa shape index (κ1) is 23.3. The number of hydrogen-bond acceptors (Lipinski definition) is 5. The number of carbonyl (C=O) groups is 2. The van der Waals surface area contributed by atoms with Crippen molar-refractivity contribution in [2.24, 2.45) is 16.6 Å². The van der Waals surface area contributed by atoms with E-state index in [1.807, 2.05) is 61.5 Å². The third-order valence-electron chi connectivity index (χ3n) is 6.44. The van der Waals surface area contributed by atoms with Crippen molar-refractivity contribution in [2.45, 2.75) is 40.7 Å². The molecule has 0 unspecified atom stereocenters. The Hall–Kier alpha value is -3.41. The maximum absolute atomic E-state index is 12.6. The molecule has 0 saturated carbocycles. The number of methoxy groups -OCH3 is 1. The van der Waals surface area contributed by atoms with Gasteiger partial charge in [0, 0.05) is 16.6 Å². The van der Waals surface area contributed by atoms with Crippen LogP contribution in [0.2, 0.25) is 0 Å². The Morgan fingerprint density at radius 1 is 1.03 bits per heavy atom. The number of nitrogens with zero attached hydrogens (tertiary/aromatic N) is 1. The summed E-state index contributed by atoms with van der Waals surface area (Å²) in [4.78, 5) is 29.2. The molecule has 3 aromatic rings. The Morgan fingerprint density at radius 2 is 1.69 bits per heavy atom. The van der Waals surface area contributed by atoms with E-state index in [2.05, 4.69) is 4.98 Å². The summed E-state index contributed by atoms with van der Waals surface area (Å²) in [5.74, 6) is -0.312. The smallest absolute Gasteiger partial charge is 0.312 e. The second-order valence-corrected chi connectivity index (χ2v) is 8.86. The molecule has 0 aliphatic carbocycles. The molecule has 0 radical (unpaired) electrons. The van der Waals surface area contributed by atoms with Crippen LogP contribution in [0.3, 0.4) is 0 Å². The summed E-state index contributed by atoms with van der Waals surface area (Å²) in [6, 6.07) is 17.5. The monoisotopic (exact) mass is 434 g/mol. The Morgan fingerprint density at radius 3 is 2.31 bits per heavy atom. The minimum absolute atomic E-state index is 0.310. The van der Waals surface area contributed by atoms with Crippen molar-refractivity contribution in [3.8, 4) is 5.75 Å². The molecule has 0 aliphatic heterocycles. The van der Waals surface area contributed by atoms with Gasteiger partial charge >= 0.3 is 5.97 Å². The lowest BCUT2D eigenvalue weighted by molar-refractivity contribution is -0.163. The average molecular weight is 435 g/mol. The lowest BCUT2D eigenvalue weighted by atomic mass is 9.63. The van der Waals surface area contributed by atoms with Crippen LogP contribution in [0.4, 0.5) is 0 Å². The van der Waals surface area contributed by atoms with Gasteiger partial charge in [-0.25, -0.2) is 0 Å². The number of rotatable bonds is 8. The van der Waals surface area contributed by atoms with E-state index in [0.717, 1.165) is 27.7 Å². The summed E-state index contributed by atoms with van der Waals surface area (Å²) in [6.45, 7) is 7.44. The SMILES string of the molecule is COC(=O)[C@@](C)(Cc1ccc(OCc2cc(C)nc3ccccc23)cc1)C(C)(C)C(N)=O. The Labute approximate surface area is 188 Å². The highest BCUT2D eigenvalue weighted by molar-refractivity contribution is 5.89. The summed E-state index contributed by atoms with van der Waals surface area (Å²) in [6.07, 6.45) is 0.310. The molecule has 0 bridgehead atoms. The van der Waals surface area contributed by atoms with Crippen LogP contribution in [0.1, 0.15) is 37.6 Å². The molecular weight excluding hydrogens is 404 g/mol. The predicted molar refractivity (Wildman–Crippen MR) is 124 cm³/mol. The fraction of sp³-hybridized carbons (Fsp3) is 0.346. The number of hydrogen-bond donors (Lipinski definition) is 1. The number of para-hydroxylation sites is 1. The standard InChI is InChI=1S/C26H30N2O4/c1-17-14-19(21-8-6-7-9-22(21)28-17)16-32-20-12-10-18(11-13-20)15-26(4,24(30)31-5)25(2,3)23(27)29/h6-14H,15-16H2,1-5H3,(H2,27,29)/t26-/m1/s1. The zero-order valence-electron chi connectivity index (χ0n) is 19.3. The topological polar surface area (TPSA) is 91.5 Å². The number of esters is 1. The van der Waals surface area contributed by atoms with Gasteiger partial charge in [0.2, 0.25) is 5.91 Å². The number of pyridine rings is 1. The van der Waals surface area contributed by atoms with E-state index >= 15 is 0 Å². The third-order valence-corrected chi connectivity index (χ3v) is 6.44. The van der Waals surface area contributed by atoms with Crippen molar-refractivity contribution in [2.75, 3.05) is 7.11 Å². The van der Waals surface area contributed by atoms with E-state index in [1.54, 1.807) is 20.8 Å². The molecule has 1 aromatic heterocycles. The van der Waals surface area contributed by atoms with Crippen molar-refractivity contribution in [1.82, 2.24) is 4.98 Å². The number of nitrogens with two attached hydrogens (primary N) is 1. The average Bonchev–Trinajstić information content (AvgIpc) is 2.77.